The van der Waals surface area contributed by atoms with Crippen molar-refractivity contribution >= 4 is 17.5 Å². The fourth-order valence-electron chi connectivity index (χ4n) is 1.57. The van der Waals surface area contributed by atoms with Gasteiger partial charge in [0.25, 0.3) is 5.91 Å². The fourth-order valence-corrected chi connectivity index (χ4v) is 1.69. The number of halogens is 4. The van der Waals surface area contributed by atoms with E-state index < -0.39 is 38.4 Å². The van der Waals surface area contributed by atoms with E-state index >= 15 is 0 Å². The Labute approximate surface area is 125 Å². The van der Waals surface area contributed by atoms with Gasteiger partial charge in [-0.3, -0.25) is 4.79 Å². The Morgan fingerprint density at radius 1 is 1.43 bits per heavy atom. The summed E-state index contributed by atoms with van der Waals surface area (Å²) in [6, 6.07) is 4.66. The van der Waals surface area contributed by atoms with Crippen LogP contribution in [-0.2, 0) is 4.79 Å². The topological polar surface area (TPSA) is 49.8 Å². The van der Waals surface area contributed by atoms with E-state index in [1.165, 1.54) is 6.07 Å². The van der Waals surface area contributed by atoms with E-state index in [4.69, 9.17) is 21.4 Å². The fraction of sp³-hybridized carbons (Fsp3) is 0.462. The summed E-state index contributed by atoms with van der Waals surface area (Å²) in [7, 11) is 0. The Balaban J connectivity index is 2.62. The van der Waals surface area contributed by atoms with Crippen molar-refractivity contribution in [3.8, 4) is 5.75 Å². The van der Waals surface area contributed by atoms with Gasteiger partial charge in [0.1, 0.15) is 12.3 Å². The van der Waals surface area contributed by atoms with Crippen LogP contribution in [0.25, 0.3) is 0 Å². The largest absolute Gasteiger partial charge is 0.484 e. The van der Waals surface area contributed by atoms with E-state index in [2.05, 4.69) is 0 Å². The molecule has 0 radical (unpaired) electrons. The average Bonchev–Trinajstić information content (AvgIpc) is 2.38. The summed E-state index contributed by atoms with van der Waals surface area (Å²) in [6.45, 7) is -1.19. The van der Waals surface area contributed by atoms with Crippen molar-refractivity contribution in [1.82, 2.24) is 4.90 Å². The number of amides is 1. The van der Waals surface area contributed by atoms with Crippen LogP contribution in [0.3, 0.4) is 0 Å². The standard InChI is InChI=1S/C13H15ClF3NO3/c1-9-6-10(2-3-11(9)14)21-7-12(20)18(4-5-19)8-13(15,16)17/h2-3,6,19H,4-5,7-8H2,1H3. The zero-order valence-corrected chi connectivity index (χ0v) is 12.0. The zero-order chi connectivity index (χ0) is 16.0. The van der Waals surface area contributed by atoms with Crippen molar-refractivity contribution in [2.45, 2.75) is 13.1 Å². The number of aliphatic hydroxyl groups excluding tert-OH is 1. The van der Waals surface area contributed by atoms with E-state index in [0.717, 1.165) is 5.56 Å². The number of rotatable bonds is 6. The molecule has 1 amide bonds. The molecule has 21 heavy (non-hydrogen) atoms. The molecule has 0 bridgehead atoms. The number of hydrogen-bond acceptors (Lipinski definition) is 3. The predicted octanol–water partition coefficient (Wildman–Crippen LogP) is 2.41. The molecule has 1 rings (SSSR count). The molecule has 1 N–H and O–H groups in total. The van der Waals surface area contributed by atoms with Gasteiger partial charge >= 0.3 is 6.18 Å². The second kappa shape index (κ2) is 7.51. The molecule has 8 heteroatoms. The monoisotopic (exact) mass is 325 g/mol. The zero-order valence-electron chi connectivity index (χ0n) is 11.3. The first-order valence-corrected chi connectivity index (χ1v) is 6.45. The first kappa shape index (κ1) is 17.6. The molecule has 118 valence electrons. The van der Waals surface area contributed by atoms with Gasteiger partial charge in [0, 0.05) is 11.6 Å². The molecule has 0 unspecified atom stereocenters. The summed E-state index contributed by atoms with van der Waals surface area (Å²) >= 11 is 5.82. The molecular weight excluding hydrogens is 311 g/mol. The number of benzene rings is 1. The van der Waals surface area contributed by atoms with Gasteiger partial charge < -0.3 is 14.7 Å². The minimum absolute atomic E-state index is 0.334. The lowest BCUT2D eigenvalue weighted by molar-refractivity contribution is -0.163. The molecule has 4 nitrogen and oxygen atoms in total. The quantitative estimate of drug-likeness (QED) is 0.874. The number of alkyl halides is 3. The molecule has 0 fully saturated rings. The number of aliphatic hydroxyl groups is 1. The molecular formula is C13H15ClF3NO3. The van der Waals surface area contributed by atoms with E-state index in [0.29, 0.717) is 15.7 Å². The molecule has 0 saturated carbocycles. The van der Waals surface area contributed by atoms with Crippen LogP contribution >= 0.6 is 11.6 Å². The van der Waals surface area contributed by atoms with E-state index in [9.17, 15) is 18.0 Å². The lowest BCUT2D eigenvalue weighted by Crippen LogP contribution is -2.42. The van der Waals surface area contributed by atoms with E-state index in [1.54, 1.807) is 19.1 Å². The molecule has 1 aromatic carbocycles. The number of nitrogens with zero attached hydrogens (tertiary/aromatic N) is 1. The lowest BCUT2D eigenvalue weighted by atomic mass is 10.2. The summed E-state index contributed by atoms with van der Waals surface area (Å²) < 4.78 is 42.1. The molecule has 0 aliphatic rings. The second-order valence-corrected chi connectivity index (χ2v) is 4.76. The van der Waals surface area contributed by atoms with Gasteiger partial charge in [-0.05, 0) is 30.7 Å². The van der Waals surface area contributed by atoms with Crippen LogP contribution in [-0.4, -0.2) is 48.4 Å². The van der Waals surface area contributed by atoms with E-state index in [1.807, 2.05) is 0 Å². The van der Waals surface area contributed by atoms with Gasteiger partial charge in [0.15, 0.2) is 6.61 Å². The average molecular weight is 326 g/mol. The van der Waals surface area contributed by atoms with Crippen LogP contribution in [0.4, 0.5) is 13.2 Å². The molecule has 0 aliphatic carbocycles. The molecule has 0 saturated heterocycles. The predicted molar refractivity (Wildman–Crippen MR) is 71.4 cm³/mol. The van der Waals surface area contributed by atoms with Crippen molar-refractivity contribution in [1.29, 1.82) is 0 Å². The van der Waals surface area contributed by atoms with Crippen LogP contribution < -0.4 is 4.74 Å². The summed E-state index contributed by atoms with van der Waals surface area (Å²) in [5.74, 6) is -0.518. The van der Waals surface area contributed by atoms with Crippen molar-refractivity contribution in [3.63, 3.8) is 0 Å². The first-order valence-electron chi connectivity index (χ1n) is 6.07. The van der Waals surface area contributed by atoms with Gasteiger partial charge in [0.05, 0.1) is 6.61 Å². The highest BCUT2D eigenvalue weighted by Gasteiger charge is 2.32. The number of hydrogen-bond donors (Lipinski definition) is 1. The molecule has 1 aromatic rings. The van der Waals surface area contributed by atoms with Crippen molar-refractivity contribution in [2.75, 3.05) is 26.3 Å². The summed E-state index contributed by atoms with van der Waals surface area (Å²) in [5, 5.41) is 9.24. The number of aryl methyl sites for hydroxylation is 1. The minimum Gasteiger partial charge on any atom is -0.484 e. The molecule has 0 aromatic heterocycles. The molecule has 0 atom stereocenters. The van der Waals surface area contributed by atoms with E-state index in [-0.39, 0.29) is 0 Å². The normalized spacial score (nSPS) is 11.3. The maximum atomic E-state index is 12.3. The van der Waals surface area contributed by atoms with Gasteiger partial charge in [-0.25, -0.2) is 0 Å². The maximum absolute atomic E-state index is 12.3. The van der Waals surface area contributed by atoms with Crippen molar-refractivity contribution in [2.24, 2.45) is 0 Å². The lowest BCUT2D eigenvalue weighted by Gasteiger charge is -2.23. The summed E-state index contributed by atoms with van der Waals surface area (Å²) in [4.78, 5) is 12.2. The summed E-state index contributed by atoms with van der Waals surface area (Å²) in [6.07, 6.45) is -4.53. The third-order valence-electron chi connectivity index (χ3n) is 2.58. The number of carbonyl (C=O) groups is 1. The van der Waals surface area contributed by atoms with Crippen LogP contribution in [0.5, 0.6) is 5.75 Å². The van der Waals surface area contributed by atoms with Crippen molar-refractivity contribution in [3.05, 3.63) is 28.8 Å². The van der Waals surface area contributed by atoms with Crippen molar-refractivity contribution < 1.29 is 27.8 Å². The third-order valence-corrected chi connectivity index (χ3v) is 3.01. The molecule has 0 aliphatic heterocycles. The van der Waals surface area contributed by atoms with Gasteiger partial charge in [-0.1, -0.05) is 11.6 Å². The Bertz CT molecular complexity index is 494. The third kappa shape index (κ3) is 6.22. The summed E-state index contributed by atoms with van der Waals surface area (Å²) in [5.41, 5.74) is 0.726. The highest BCUT2D eigenvalue weighted by Crippen LogP contribution is 2.21. The Morgan fingerprint density at radius 3 is 2.62 bits per heavy atom. The van der Waals surface area contributed by atoms with Crippen LogP contribution in [0.2, 0.25) is 5.02 Å². The van der Waals surface area contributed by atoms with Gasteiger partial charge in [-0.15, -0.1) is 0 Å². The highest BCUT2D eigenvalue weighted by atomic mass is 35.5. The van der Waals surface area contributed by atoms with Crippen LogP contribution in [0, 0.1) is 6.92 Å². The van der Waals surface area contributed by atoms with Crippen LogP contribution in [0.15, 0.2) is 18.2 Å². The van der Waals surface area contributed by atoms with Gasteiger partial charge in [-0.2, -0.15) is 13.2 Å². The second-order valence-electron chi connectivity index (χ2n) is 4.35. The first-order chi connectivity index (χ1) is 9.73. The smallest absolute Gasteiger partial charge is 0.406 e. The Hall–Kier alpha value is -1.47. The molecule has 0 spiro atoms. The number of ether oxygens (including phenoxy) is 1. The Morgan fingerprint density at radius 2 is 2.10 bits per heavy atom. The maximum Gasteiger partial charge on any atom is 0.406 e. The van der Waals surface area contributed by atoms with Crippen LogP contribution in [0.1, 0.15) is 5.56 Å². The highest BCUT2D eigenvalue weighted by molar-refractivity contribution is 6.31. The molecule has 0 heterocycles. The SMILES string of the molecule is Cc1cc(OCC(=O)N(CCO)CC(F)(F)F)ccc1Cl. The van der Waals surface area contributed by atoms with Gasteiger partial charge in [0.2, 0.25) is 0 Å². The number of carbonyl (C=O) groups excluding carboxylic acids is 1. The minimum atomic E-state index is -4.53. The Kier molecular flexibility index (Phi) is 6.29.